The van der Waals surface area contributed by atoms with E-state index in [9.17, 15) is 10.1 Å². The van der Waals surface area contributed by atoms with Crippen LogP contribution in [-0.4, -0.2) is 89.4 Å². The third-order valence-electron chi connectivity index (χ3n) is 7.84. The molecule has 2 bridgehead atoms. The molecule has 2 atom stereocenters. The fourth-order valence-electron chi connectivity index (χ4n) is 5.68. The lowest BCUT2D eigenvalue weighted by Gasteiger charge is -2.52. The molecular weight excluding hydrogens is 497 g/mol. The van der Waals surface area contributed by atoms with Crippen LogP contribution in [-0.2, 0) is 4.74 Å². The molecule has 0 aliphatic carbocycles. The summed E-state index contributed by atoms with van der Waals surface area (Å²) >= 11 is 6.08. The van der Waals surface area contributed by atoms with Gasteiger partial charge in [-0.1, -0.05) is 11.6 Å². The first-order valence-corrected chi connectivity index (χ1v) is 13.0. The van der Waals surface area contributed by atoms with Crippen molar-refractivity contribution in [3.8, 4) is 6.07 Å². The van der Waals surface area contributed by atoms with Gasteiger partial charge < -0.3 is 19.4 Å². The van der Waals surface area contributed by atoms with Gasteiger partial charge >= 0.3 is 6.09 Å². The van der Waals surface area contributed by atoms with Gasteiger partial charge in [0.25, 0.3) is 0 Å². The SMILES string of the molecule is CN(C)C1(C)CN(c2nc(N3CC4CCC(C3)N4C(=O)OC(C)(C)C)c3cnc(Cl)c(F)c3c2C#N)C1. The highest BCUT2D eigenvalue weighted by Crippen LogP contribution is 2.42. The van der Waals surface area contributed by atoms with E-state index in [4.69, 9.17) is 21.3 Å². The molecule has 11 heteroatoms. The lowest BCUT2D eigenvalue weighted by molar-refractivity contribution is 0.0123. The molecule has 2 aromatic rings. The minimum atomic E-state index is -0.716. The highest BCUT2D eigenvalue weighted by molar-refractivity contribution is 6.30. The Balaban J connectivity index is 1.55. The summed E-state index contributed by atoms with van der Waals surface area (Å²) in [4.78, 5) is 30.1. The summed E-state index contributed by atoms with van der Waals surface area (Å²) in [6.45, 7) is 10.1. The lowest BCUT2D eigenvalue weighted by atomic mass is 9.90. The average Bonchev–Trinajstić information content (AvgIpc) is 3.07. The molecular formula is C26H33ClFN7O2. The van der Waals surface area contributed by atoms with Crippen molar-refractivity contribution in [3.63, 3.8) is 0 Å². The fourth-order valence-corrected chi connectivity index (χ4v) is 5.82. The van der Waals surface area contributed by atoms with Crippen LogP contribution in [0.5, 0.6) is 0 Å². The van der Waals surface area contributed by atoms with Gasteiger partial charge in [0.05, 0.1) is 17.6 Å². The van der Waals surface area contributed by atoms with Gasteiger partial charge in [-0.15, -0.1) is 0 Å². The second-order valence-electron chi connectivity index (χ2n) is 11.8. The van der Waals surface area contributed by atoms with E-state index in [1.165, 1.54) is 6.20 Å². The van der Waals surface area contributed by atoms with Crippen molar-refractivity contribution in [2.75, 3.05) is 50.1 Å². The van der Waals surface area contributed by atoms with Gasteiger partial charge in [-0.2, -0.15) is 5.26 Å². The van der Waals surface area contributed by atoms with Crippen molar-refractivity contribution in [1.82, 2.24) is 19.8 Å². The van der Waals surface area contributed by atoms with E-state index in [1.807, 2.05) is 44.7 Å². The number of hydrogen-bond donors (Lipinski definition) is 0. The number of rotatable bonds is 3. The number of halogens is 2. The Bertz CT molecular complexity index is 1280. The van der Waals surface area contributed by atoms with Crippen LogP contribution in [0.2, 0.25) is 5.15 Å². The van der Waals surface area contributed by atoms with Crippen molar-refractivity contribution < 1.29 is 13.9 Å². The quantitative estimate of drug-likeness (QED) is 0.551. The number of piperazine rings is 1. The second-order valence-corrected chi connectivity index (χ2v) is 12.2. The monoisotopic (exact) mass is 529 g/mol. The van der Waals surface area contributed by atoms with E-state index in [2.05, 4.69) is 27.8 Å². The van der Waals surface area contributed by atoms with Crippen molar-refractivity contribution in [1.29, 1.82) is 5.26 Å². The number of ether oxygens (including phenoxy) is 1. The molecule has 5 rings (SSSR count). The van der Waals surface area contributed by atoms with Crippen LogP contribution < -0.4 is 9.80 Å². The average molecular weight is 530 g/mol. The van der Waals surface area contributed by atoms with Gasteiger partial charge in [-0.25, -0.2) is 19.2 Å². The minimum Gasteiger partial charge on any atom is -0.444 e. The summed E-state index contributed by atoms with van der Waals surface area (Å²) < 4.78 is 21.1. The predicted molar refractivity (Wildman–Crippen MR) is 141 cm³/mol. The maximum Gasteiger partial charge on any atom is 0.410 e. The summed E-state index contributed by atoms with van der Waals surface area (Å²) in [6, 6.07) is 2.09. The number of carbonyl (C=O) groups is 1. The van der Waals surface area contributed by atoms with Gasteiger partial charge in [0.2, 0.25) is 0 Å². The molecule has 3 saturated heterocycles. The summed E-state index contributed by atoms with van der Waals surface area (Å²) in [7, 11) is 4.04. The van der Waals surface area contributed by atoms with Crippen molar-refractivity contribution in [3.05, 3.63) is 22.7 Å². The molecule has 0 N–H and O–H groups in total. The van der Waals surface area contributed by atoms with E-state index in [1.54, 1.807) is 0 Å². The topological polar surface area (TPSA) is 88.8 Å². The predicted octanol–water partition coefficient (Wildman–Crippen LogP) is 4.02. The maximum absolute atomic E-state index is 15.4. The Kier molecular flexibility index (Phi) is 6.15. The first-order valence-electron chi connectivity index (χ1n) is 12.6. The highest BCUT2D eigenvalue weighted by atomic mass is 35.5. The Hall–Kier alpha value is -2.90. The number of nitriles is 1. The largest absolute Gasteiger partial charge is 0.444 e. The number of fused-ring (bicyclic) bond motifs is 3. The molecule has 198 valence electrons. The van der Waals surface area contributed by atoms with E-state index in [-0.39, 0.29) is 39.8 Å². The number of aromatic nitrogens is 2. The van der Waals surface area contributed by atoms with Crippen molar-refractivity contribution in [2.45, 2.75) is 63.8 Å². The van der Waals surface area contributed by atoms with Crippen LogP contribution in [0.1, 0.15) is 46.1 Å². The van der Waals surface area contributed by atoms with Gasteiger partial charge in [-0.3, -0.25) is 4.90 Å². The maximum atomic E-state index is 15.4. The zero-order valence-corrected chi connectivity index (χ0v) is 22.9. The summed E-state index contributed by atoms with van der Waals surface area (Å²) in [5.41, 5.74) is -0.485. The molecule has 3 aliphatic rings. The first-order chi connectivity index (χ1) is 17.3. The van der Waals surface area contributed by atoms with Crippen LogP contribution in [0.3, 0.4) is 0 Å². The van der Waals surface area contributed by atoms with Crippen LogP contribution in [0.4, 0.5) is 20.8 Å². The Labute approximate surface area is 221 Å². The molecule has 0 radical (unpaired) electrons. The molecule has 37 heavy (non-hydrogen) atoms. The third-order valence-corrected chi connectivity index (χ3v) is 8.11. The van der Waals surface area contributed by atoms with Crippen LogP contribution in [0.25, 0.3) is 10.8 Å². The minimum absolute atomic E-state index is 0.0457. The first kappa shape index (κ1) is 25.7. The highest BCUT2D eigenvalue weighted by Gasteiger charge is 2.46. The third kappa shape index (κ3) is 4.32. The molecule has 3 fully saturated rings. The number of likely N-dealkylation sites (N-methyl/N-ethyl adjacent to an activating group) is 1. The number of anilines is 2. The summed E-state index contributed by atoms with van der Waals surface area (Å²) in [5.74, 6) is 0.297. The lowest BCUT2D eigenvalue weighted by Crippen LogP contribution is -2.67. The summed E-state index contributed by atoms with van der Waals surface area (Å²) in [5, 5.41) is 10.4. The van der Waals surface area contributed by atoms with Crippen LogP contribution in [0.15, 0.2) is 6.20 Å². The molecule has 5 heterocycles. The molecule has 9 nitrogen and oxygen atoms in total. The normalized spacial score (nSPS) is 22.9. The van der Waals surface area contributed by atoms with Gasteiger partial charge in [0, 0.05) is 43.1 Å². The van der Waals surface area contributed by atoms with E-state index >= 15 is 4.39 Å². The smallest absolute Gasteiger partial charge is 0.410 e. The number of carbonyl (C=O) groups excluding carboxylic acids is 1. The molecule has 0 saturated carbocycles. The van der Waals surface area contributed by atoms with Gasteiger partial charge in [0.1, 0.15) is 28.9 Å². The molecule has 2 unspecified atom stereocenters. The van der Waals surface area contributed by atoms with Gasteiger partial charge in [0.15, 0.2) is 11.0 Å². The second kappa shape index (κ2) is 8.84. The number of amides is 1. The molecule has 0 spiro atoms. The fraction of sp³-hybridized carbons (Fsp3) is 0.615. The number of nitrogens with zero attached hydrogens (tertiary/aromatic N) is 7. The van der Waals surface area contributed by atoms with Crippen LogP contribution in [0, 0.1) is 17.1 Å². The molecule has 1 amide bonds. The number of pyridine rings is 2. The number of hydrogen-bond acceptors (Lipinski definition) is 8. The van der Waals surface area contributed by atoms with E-state index in [0.717, 1.165) is 12.8 Å². The zero-order valence-electron chi connectivity index (χ0n) is 22.2. The van der Waals surface area contributed by atoms with Crippen molar-refractivity contribution >= 4 is 40.1 Å². The van der Waals surface area contributed by atoms with Crippen molar-refractivity contribution in [2.24, 2.45) is 0 Å². The van der Waals surface area contributed by atoms with Crippen LogP contribution >= 0.6 is 11.6 Å². The molecule has 2 aromatic heterocycles. The Morgan fingerprint density at radius 2 is 1.84 bits per heavy atom. The zero-order chi connectivity index (χ0) is 26.9. The van der Waals surface area contributed by atoms with Gasteiger partial charge in [-0.05, 0) is 54.6 Å². The molecule has 0 aromatic carbocycles. The van der Waals surface area contributed by atoms with E-state index < -0.39 is 11.4 Å². The summed E-state index contributed by atoms with van der Waals surface area (Å²) in [6.07, 6.45) is 2.90. The Morgan fingerprint density at radius 1 is 1.22 bits per heavy atom. The molecule has 3 aliphatic heterocycles. The standard InChI is InChI=1S/C26H33ClFN7O2/c1-25(2,3)37-24(36)35-15-7-8-16(35)12-33(11-15)23-18-10-30-21(27)20(28)19(18)17(9-29)22(31-23)34-13-26(4,14-34)32(5)6/h10,15-16H,7-8,11-14H2,1-6H3. The Morgan fingerprint density at radius 3 is 2.38 bits per heavy atom. The van der Waals surface area contributed by atoms with E-state index in [0.29, 0.717) is 43.2 Å².